The molecule has 0 fully saturated rings. The molecule has 1 N–H and O–H groups in total. The van der Waals surface area contributed by atoms with E-state index < -0.39 is 18.5 Å². The van der Waals surface area contributed by atoms with E-state index in [0.717, 1.165) is 29.9 Å². The molecule has 0 bridgehead atoms. The van der Waals surface area contributed by atoms with Crippen molar-refractivity contribution in [2.24, 2.45) is 0 Å². The maximum absolute atomic E-state index is 12.4. The van der Waals surface area contributed by atoms with Crippen LogP contribution in [0.1, 0.15) is 30.3 Å². The third-order valence-corrected chi connectivity index (χ3v) is 5.13. The van der Waals surface area contributed by atoms with Crippen molar-refractivity contribution in [1.29, 1.82) is 5.26 Å². The molecule has 0 atom stereocenters. The smallest absolute Gasteiger partial charge is 0.349 e. The van der Waals surface area contributed by atoms with E-state index in [4.69, 9.17) is 9.47 Å². The molecular weight excluding hydrogens is 430 g/mol. The van der Waals surface area contributed by atoms with Crippen LogP contribution in [0.5, 0.6) is 11.5 Å². The number of aromatic nitrogens is 1. The normalized spacial score (nSPS) is 10.9. The van der Waals surface area contributed by atoms with Crippen molar-refractivity contribution in [2.45, 2.75) is 33.7 Å². The van der Waals surface area contributed by atoms with Crippen molar-refractivity contribution in [2.75, 3.05) is 11.9 Å². The summed E-state index contributed by atoms with van der Waals surface area (Å²) in [6, 6.07) is 19.9. The second kappa shape index (κ2) is 11.5. The van der Waals surface area contributed by atoms with Crippen LogP contribution in [0, 0.1) is 25.2 Å². The molecule has 2 aromatic carbocycles. The topological polar surface area (TPSA) is 93.4 Å². The number of hydrogen-bond acceptors (Lipinski definition) is 5. The fourth-order valence-corrected chi connectivity index (χ4v) is 3.50. The van der Waals surface area contributed by atoms with Crippen LogP contribution in [-0.4, -0.2) is 23.1 Å². The van der Waals surface area contributed by atoms with Gasteiger partial charge in [0.2, 0.25) is 0 Å². The lowest BCUT2D eigenvalue weighted by Gasteiger charge is -2.09. The number of amides is 1. The number of nitrogens with zero attached hydrogens (tertiary/aromatic N) is 2. The molecule has 1 aromatic heterocycles. The van der Waals surface area contributed by atoms with Gasteiger partial charge in [-0.1, -0.05) is 31.2 Å². The van der Waals surface area contributed by atoms with Gasteiger partial charge >= 0.3 is 5.97 Å². The average molecular weight is 458 g/mol. The highest BCUT2D eigenvalue weighted by Gasteiger charge is 2.16. The summed E-state index contributed by atoms with van der Waals surface area (Å²) in [5.74, 6) is -0.148. The molecular formula is C27H27N3O4. The molecule has 0 aliphatic heterocycles. The minimum Gasteiger partial charge on any atom is -0.457 e. The van der Waals surface area contributed by atoms with Gasteiger partial charge < -0.3 is 19.4 Å². The third-order valence-electron chi connectivity index (χ3n) is 5.13. The molecule has 174 valence electrons. The van der Waals surface area contributed by atoms with Crippen LogP contribution < -0.4 is 10.1 Å². The summed E-state index contributed by atoms with van der Waals surface area (Å²) in [4.78, 5) is 24.7. The lowest BCUT2D eigenvalue weighted by atomic mass is 10.1. The van der Waals surface area contributed by atoms with E-state index in [1.54, 1.807) is 24.3 Å². The van der Waals surface area contributed by atoms with Gasteiger partial charge in [0.05, 0.1) is 0 Å². The van der Waals surface area contributed by atoms with Gasteiger partial charge in [0.15, 0.2) is 6.61 Å². The lowest BCUT2D eigenvalue weighted by Crippen LogP contribution is -2.21. The number of nitrogens with one attached hydrogen (secondary N) is 1. The van der Waals surface area contributed by atoms with Crippen molar-refractivity contribution in [3.05, 3.63) is 83.2 Å². The Bertz CT molecular complexity index is 1240. The molecule has 7 heteroatoms. The predicted octanol–water partition coefficient (Wildman–Crippen LogP) is 5.40. The van der Waals surface area contributed by atoms with E-state index in [9.17, 15) is 14.9 Å². The number of ether oxygens (including phenoxy) is 2. The Morgan fingerprint density at radius 1 is 1.06 bits per heavy atom. The number of rotatable bonds is 9. The monoisotopic (exact) mass is 457 g/mol. The highest BCUT2D eigenvalue weighted by molar-refractivity contribution is 6.00. The summed E-state index contributed by atoms with van der Waals surface area (Å²) in [7, 11) is 0. The highest BCUT2D eigenvalue weighted by Crippen LogP contribution is 2.24. The second-order valence-corrected chi connectivity index (χ2v) is 7.72. The Kier molecular flexibility index (Phi) is 8.25. The van der Waals surface area contributed by atoms with Crippen LogP contribution in [0.3, 0.4) is 0 Å². The zero-order valence-electron chi connectivity index (χ0n) is 19.5. The molecule has 0 aliphatic rings. The van der Waals surface area contributed by atoms with Crippen LogP contribution in [-0.2, 0) is 20.9 Å². The molecule has 1 amide bonds. The van der Waals surface area contributed by atoms with Gasteiger partial charge in [0.1, 0.15) is 23.1 Å². The first kappa shape index (κ1) is 24.3. The molecule has 3 aromatic rings. The molecule has 0 radical (unpaired) electrons. The third kappa shape index (κ3) is 6.36. The quantitative estimate of drug-likeness (QED) is 0.264. The van der Waals surface area contributed by atoms with Crippen molar-refractivity contribution >= 4 is 23.6 Å². The van der Waals surface area contributed by atoms with Crippen LogP contribution in [0.4, 0.5) is 5.69 Å². The van der Waals surface area contributed by atoms with Crippen LogP contribution in [0.15, 0.2) is 66.2 Å². The van der Waals surface area contributed by atoms with E-state index in [0.29, 0.717) is 17.2 Å². The molecule has 34 heavy (non-hydrogen) atoms. The van der Waals surface area contributed by atoms with Gasteiger partial charge in [-0.2, -0.15) is 5.26 Å². The molecule has 0 saturated carbocycles. The van der Waals surface area contributed by atoms with Gasteiger partial charge in [0.25, 0.3) is 5.91 Å². The Balaban J connectivity index is 1.59. The number of hydrogen-bond donors (Lipinski definition) is 1. The molecule has 0 spiro atoms. The Morgan fingerprint density at radius 2 is 1.79 bits per heavy atom. The number of carbonyl (C=O) groups excluding carboxylic acids is 2. The molecule has 3 rings (SSSR count). The van der Waals surface area contributed by atoms with Crippen molar-refractivity contribution in [3.8, 4) is 17.6 Å². The molecule has 0 saturated heterocycles. The number of aryl methyl sites for hydroxylation is 1. The Morgan fingerprint density at radius 3 is 2.50 bits per heavy atom. The van der Waals surface area contributed by atoms with E-state index in [1.165, 1.54) is 6.08 Å². The maximum Gasteiger partial charge on any atom is 0.349 e. The number of nitriles is 1. The summed E-state index contributed by atoms with van der Waals surface area (Å²) in [6.45, 7) is 6.35. The second-order valence-electron chi connectivity index (χ2n) is 7.72. The number of benzene rings is 2. The van der Waals surface area contributed by atoms with Crippen molar-refractivity contribution < 1.29 is 19.1 Å². The number of para-hydroxylation sites is 1. The van der Waals surface area contributed by atoms with Crippen LogP contribution in [0.2, 0.25) is 0 Å². The molecule has 0 aliphatic carbocycles. The summed E-state index contributed by atoms with van der Waals surface area (Å²) < 4.78 is 13.0. The van der Waals surface area contributed by atoms with Gasteiger partial charge in [-0.05, 0) is 62.2 Å². The Hall–Kier alpha value is -4.31. The average Bonchev–Trinajstić information content (AvgIpc) is 3.09. The van der Waals surface area contributed by atoms with Gasteiger partial charge in [0, 0.05) is 29.7 Å². The van der Waals surface area contributed by atoms with E-state index in [1.807, 2.05) is 56.3 Å². The highest BCUT2D eigenvalue weighted by atomic mass is 16.5. The number of carbonyl (C=O) groups is 2. The van der Waals surface area contributed by atoms with Gasteiger partial charge in [-0.25, -0.2) is 4.79 Å². The fraction of sp³-hybridized carbons (Fsp3) is 0.222. The van der Waals surface area contributed by atoms with Crippen molar-refractivity contribution in [1.82, 2.24) is 4.57 Å². The largest absolute Gasteiger partial charge is 0.457 e. The standard InChI is InChI=1S/C27H27N3O4/c1-4-13-30-19(2)14-21(20(30)3)15-22(17-28)27(32)33-18-26(31)29-23-9-8-12-25(16-23)34-24-10-6-5-7-11-24/h5-12,14-16H,4,13,18H2,1-3H3,(H,29,31)/b22-15+. The van der Waals surface area contributed by atoms with Crippen LogP contribution >= 0.6 is 0 Å². The minimum absolute atomic E-state index is 0.164. The first-order valence-corrected chi connectivity index (χ1v) is 11.0. The maximum atomic E-state index is 12.4. The van der Waals surface area contributed by atoms with E-state index in [-0.39, 0.29) is 5.57 Å². The number of anilines is 1. The first-order chi connectivity index (χ1) is 16.4. The summed E-state index contributed by atoms with van der Waals surface area (Å²) in [5.41, 5.74) is 3.13. The summed E-state index contributed by atoms with van der Waals surface area (Å²) in [5, 5.41) is 12.1. The first-order valence-electron chi connectivity index (χ1n) is 11.0. The van der Waals surface area contributed by atoms with Crippen LogP contribution in [0.25, 0.3) is 6.08 Å². The van der Waals surface area contributed by atoms with Crippen molar-refractivity contribution in [3.63, 3.8) is 0 Å². The summed E-state index contributed by atoms with van der Waals surface area (Å²) >= 11 is 0. The number of esters is 1. The molecule has 1 heterocycles. The molecule has 7 nitrogen and oxygen atoms in total. The zero-order valence-corrected chi connectivity index (χ0v) is 19.5. The van der Waals surface area contributed by atoms with E-state index in [2.05, 4.69) is 16.8 Å². The Labute approximate surface area is 199 Å². The van der Waals surface area contributed by atoms with Gasteiger partial charge in [-0.15, -0.1) is 0 Å². The minimum atomic E-state index is -0.848. The SMILES string of the molecule is CCCn1c(C)cc(/C=C(\C#N)C(=O)OCC(=O)Nc2cccc(Oc3ccccc3)c2)c1C. The van der Waals surface area contributed by atoms with Gasteiger partial charge in [-0.3, -0.25) is 4.79 Å². The predicted molar refractivity (Wildman–Crippen MR) is 130 cm³/mol. The zero-order chi connectivity index (χ0) is 24.5. The molecule has 0 unspecified atom stereocenters. The lowest BCUT2D eigenvalue weighted by molar-refractivity contribution is -0.142. The van der Waals surface area contributed by atoms with E-state index >= 15 is 0 Å². The fourth-order valence-electron chi connectivity index (χ4n) is 3.50. The summed E-state index contributed by atoms with van der Waals surface area (Å²) in [6.07, 6.45) is 2.47.